The van der Waals surface area contributed by atoms with Gasteiger partial charge in [0.05, 0.1) is 0 Å². The first-order chi connectivity index (χ1) is 24.2. The molecule has 7 rings (SSSR count). The molecule has 5 aromatic carbocycles. The normalized spacial score (nSPS) is 8.86. The monoisotopic (exact) mass is 663 g/mol. The Bertz CT molecular complexity index is 1470. The van der Waals surface area contributed by atoms with Crippen molar-refractivity contribution in [1.82, 2.24) is 9.13 Å². The average molecular weight is 663 g/mol. The number of rotatable bonds is 2. The summed E-state index contributed by atoms with van der Waals surface area (Å²) >= 11 is 0. The average Bonchev–Trinajstić information content (AvgIpc) is 3.72. The van der Waals surface area contributed by atoms with Gasteiger partial charge < -0.3 is 9.13 Å². The Morgan fingerprint density at radius 2 is 0.449 bits per heavy atom. The molecule has 2 nitrogen and oxygen atoms in total. The molecule has 0 saturated heterocycles. The van der Waals surface area contributed by atoms with Crippen LogP contribution < -0.4 is 0 Å². The van der Waals surface area contributed by atoms with Crippen LogP contribution in [0.3, 0.4) is 0 Å². The van der Waals surface area contributed by atoms with Crippen LogP contribution >= 0.6 is 0 Å². The van der Waals surface area contributed by atoms with Gasteiger partial charge in [-0.15, -0.1) is 0 Å². The van der Waals surface area contributed by atoms with Crippen LogP contribution in [-0.2, 0) is 13.1 Å². The molecule has 0 fully saturated rings. The van der Waals surface area contributed by atoms with Gasteiger partial charge >= 0.3 is 0 Å². The molecule has 0 bridgehead atoms. The van der Waals surface area contributed by atoms with Crippen LogP contribution in [-0.4, -0.2) is 9.13 Å². The summed E-state index contributed by atoms with van der Waals surface area (Å²) in [5, 5.41) is 5.43. The largest absolute Gasteiger partial charge is 0.341 e. The van der Waals surface area contributed by atoms with Gasteiger partial charge in [0, 0.05) is 56.7 Å². The summed E-state index contributed by atoms with van der Waals surface area (Å²) in [6.45, 7) is 30.7. The van der Waals surface area contributed by atoms with Gasteiger partial charge in [-0.25, -0.2) is 0 Å². The Labute approximate surface area is 301 Å². The van der Waals surface area contributed by atoms with E-state index in [-0.39, 0.29) is 0 Å². The lowest BCUT2D eigenvalue weighted by Gasteiger charge is -2.01. The van der Waals surface area contributed by atoms with E-state index in [2.05, 4.69) is 134 Å². The highest BCUT2D eigenvalue weighted by Crippen LogP contribution is 2.29. The van der Waals surface area contributed by atoms with Gasteiger partial charge in [0.2, 0.25) is 0 Å². The lowest BCUT2D eigenvalue weighted by molar-refractivity contribution is 0.827. The van der Waals surface area contributed by atoms with E-state index in [1.54, 1.807) is 0 Å². The lowest BCUT2D eigenvalue weighted by Crippen LogP contribution is -1.91. The van der Waals surface area contributed by atoms with Crippen molar-refractivity contribution in [1.29, 1.82) is 0 Å². The molecule has 0 aliphatic carbocycles. The molecule has 0 aliphatic heterocycles. The van der Waals surface area contributed by atoms with Crippen LogP contribution in [0, 0.1) is 0 Å². The Balaban J connectivity index is 0. The number of para-hydroxylation sites is 4. The Morgan fingerprint density at radius 3 is 0.612 bits per heavy atom. The van der Waals surface area contributed by atoms with Gasteiger partial charge in [-0.3, -0.25) is 0 Å². The number of nitrogens with zero attached hydrogens (tertiary/aromatic N) is 2. The van der Waals surface area contributed by atoms with Crippen LogP contribution in [0.1, 0.15) is 103 Å². The van der Waals surface area contributed by atoms with Crippen molar-refractivity contribution < 1.29 is 0 Å². The van der Waals surface area contributed by atoms with E-state index in [1.165, 1.54) is 50.0 Å². The van der Waals surface area contributed by atoms with Crippen LogP contribution in [0.15, 0.2) is 133 Å². The maximum Gasteiger partial charge on any atom is 0.0491 e. The third kappa shape index (κ3) is 14.0. The maximum atomic E-state index is 2.37. The Kier molecular flexibility index (Phi) is 29.6. The van der Waals surface area contributed by atoms with Gasteiger partial charge in [0.25, 0.3) is 0 Å². The SMILES string of the molecule is CC.CC.CC.CC.CC.CCC.CCn1c2ccccc2c2ccccc21.CCn1c2ccccc2c2ccccc21.c1ccccc1. The highest BCUT2D eigenvalue weighted by atomic mass is 15.0. The van der Waals surface area contributed by atoms with E-state index in [1.807, 2.05) is 106 Å². The van der Waals surface area contributed by atoms with Gasteiger partial charge in [-0.05, 0) is 38.1 Å². The lowest BCUT2D eigenvalue weighted by atomic mass is 10.2. The van der Waals surface area contributed by atoms with Crippen LogP contribution in [0.2, 0.25) is 0 Å². The van der Waals surface area contributed by atoms with Gasteiger partial charge in [-0.1, -0.05) is 199 Å². The highest BCUT2D eigenvalue weighted by Gasteiger charge is 2.08. The molecular weight excluding hydrogens is 593 g/mol. The predicted molar refractivity (Wildman–Crippen MR) is 229 cm³/mol. The van der Waals surface area contributed by atoms with Crippen LogP contribution in [0.4, 0.5) is 0 Å². The van der Waals surface area contributed by atoms with E-state index in [9.17, 15) is 0 Å². The molecule has 49 heavy (non-hydrogen) atoms. The fourth-order valence-corrected chi connectivity index (χ4v) is 5.07. The number of aryl methyl sites for hydroxylation is 2. The topological polar surface area (TPSA) is 9.86 Å². The van der Waals surface area contributed by atoms with Gasteiger partial charge in [-0.2, -0.15) is 0 Å². The molecule has 2 heterocycles. The molecule has 0 atom stereocenters. The van der Waals surface area contributed by atoms with Crippen molar-refractivity contribution in [2.45, 2.75) is 116 Å². The molecule has 2 heteroatoms. The number of aromatic nitrogens is 2. The molecule has 0 unspecified atom stereocenters. The fourth-order valence-electron chi connectivity index (χ4n) is 5.07. The van der Waals surface area contributed by atoms with E-state index in [0.717, 1.165) is 13.1 Å². The molecule has 0 aliphatic rings. The fraction of sp³-hybridized carbons (Fsp3) is 0.362. The minimum atomic E-state index is 1.02. The van der Waals surface area contributed by atoms with E-state index < -0.39 is 0 Å². The maximum absolute atomic E-state index is 2.37. The zero-order valence-electron chi connectivity index (χ0n) is 33.7. The van der Waals surface area contributed by atoms with Crippen LogP contribution in [0.5, 0.6) is 0 Å². The molecule has 0 amide bonds. The smallest absolute Gasteiger partial charge is 0.0491 e. The number of hydrogen-bond acceptors (Lipinski definition) is 0. The van der Waals surface area contributed by atoms with Crippen molar-refractivity contribution in [2.75, 3.05) is 0 Å². The summed E-state index contributed by atoms with van der Waals surface area (Å²) in [5.41, 5.74) is 5.34. The molecule has 7 aromatic rings. The number of fused-ring (bicyclic) bond motifs is 6. The van der Waals surface area contributed by atoms with Crippen molar-refractivity contribution in [3.05, 3.63) is 133 Å². The standard InChI is InChI=1S/2C14H13N.C6H6.C3H8.5C2H6/c2*1-2-15-13-9-5-3-7-11(13)12-8-4-6-10-14(12)15;1-2-4-6-5-3-1;1-3-2;5*1-2/h2*3-10H,2H2,1H3;1-6H;3H2,1-2H3;5*1-2H3. The van der Waals surface area contributed by atoms with E-state index in [4.69, 9.17) is 0 Å². The molecule has 0 N–H and O–H groups in total. The van der Waals surface area contributed by atoms with E-state index >= 15 is 0 Å². The third-order valence-electron chi connectivity index (χ3n) is 6.66. The first kappa shape index (κ1) is 46.8. The summed E-state index contributed by atoms with van der Waals surface area (Å²) < 4.78 is 4.73. The molecule has 268 valence electrons. The van der Waals surface area contributed by atoms with Crippen molar-refractivity contribution in [3.63, 3.8) is 0 Å². The zero-order chi connectivity index (χ0) is 37.5. The highest BCUT2D eigenvalue weighted by molar-refractivity contribution is 6.08. The molecule has 0 spiro atoms. The van der Waals surface area contributed by atoms with E-state index in [0.29, 0.717) is 0 Å². The minimum Gasteiger partial charge on any atom is -0.341 e. The Morgan fingerprint density at radius 1 is 0.286 bits per heavy atom. The quantitative estimate of drug-likeness (QED) is 0.174. The van der Waals surface area contributed by atoms with Crippen LogP contribution in [0.25, 0.3) is 43.6 Å². The third-order valence-corrected chi connectivity index (χ3v) is 6.66. The van der Waals surface area contributed by atoms with Crippen molar-refractivity contribution in [2.24, 2.45) is 0 Å². The van der Waals surface area contributed by atoms with Gasteiger partial charge in [0.15, 0.2) is 0 Å². The van der Waals surface area contributed by atoms with Gasteiger partial charge in [0.1, 0.15) is 0 Å². The Hall–Kier alpha value is -4.30. The predicted octanol–water partition coefficient (Wildman–Crippen LogP) is 15.9. The minimum absolute atomic E-state index is 1.02. The second kappa shape index (κ2) is 31.0. The molecule has 0 radical (unpaired) electrons. The summed E-state index contributed by atoms with van der Waals surface area (Å²) in [7, 11) is 0. The molecule has 0 saturated carbocycles. The second-order valence-corrected chi connectivity index (χ2v) is 9.42. The summed E-state index contributed by atoms with van der Waals surface area (Å²) in [6, 6.07) is 46.4. The summed E-state index contributed by atoms with van der Waals surface area (Å²) in [5.74, 6) is 0. The number of hydrogen-bond donors (Lipinski definition) is 0. The summed E-state index contributed by atoms with van der Waals surface area (Å²) in [6.07, 6.45) is 1.25. The molecule has 2 aromatic heterocycles. The first-order valence-corrected chi connectivity index (χ1v) is 19.2. The first-order valence-electron chi connectivity index (χ1n) is 19.2. The van der Waals surface area contributed by atoms with Crippen molar-refractivity contribution in [3.8, 4) is 0 Å². The van der Waals surface area contributed by atoms with Crippen molar-refractivity contribution >= 4 is 43.6 Å². The zero-order valence-corrected chi connectivity index (χ0v) is 33.7. The molecular formula is C47H70N2. The summed E-state index contributed by atoms with van der Waals surface area (Å²) in [4.78, 5) is 0. The second-order valence-electron chi connectivity index (χ2n) is 9.42. The number of benzene rings is 5.